The van der Waals surface area contributed by atoms with Crippen LogP contribution in [0.1, 0.15) is 24.8 Å². The van der Waals surface area contributed by atoms with Gasteiger partial charge in [0.05, 0.1) is 26.3 Å². The number of ether oxygens (including phenoxy) is 2. The van der Waals surface area contributed by atoms with Crippen molar-refractivity contribution in [1.82, 2.24) is 10.6 Å². The molecule has 1 aliphatic rings. The summed E-state index contributed by atoms with van der Waals surface area (Å²) in [6.07, 6.45) is -1.66. The van der Waals surface area contributed by atoms with Gasteiger partial charge in [-0.1, -0.05) is 30.7 Å². The molecule has 0 aliphatic carbocycles. The van der Waals surface area contributed by atoms with Gasteiger partial charge in [0.15, 0.2) is 0 Å². The van der Waals surface area contributed by atoms with Crippen LogP contribution in [0, 0.1) is 11.3 Å². The Balaban J connectivity index is 0.000000572. The number of rotatable bonds is 7. The van der Waals surface area contributed by atoms with Crippen molar-refractivity contribution in [3.8, 4) is 28.7 Å². The molecular weight excluding hydrogens is 479 g/mol. The molecule has 2 aromatic carbocycles. The summed E-state index contributed by atoms with van der Waals surface area (Å²) in [6.45, 7) is 0.853. The van der Waals surface area contributed by atoms with Gasteiger partial charge in [0.25, 0.3) is 0 Å². The van der Waals surface area contributed by atoms with Gasteiger partial charge >= 0.3 is 12.1 Å². The molecule has 1 saturated heterocycles. The molecule has 1 heterocycles. The fourth-order valence-corrected chi connectivity index (χ4v) is 3.57. The molecule has 3 N–H and O–H groups in total. The quantitative estimate of drug-likeness (QED) is 0.523. The molecule has 194 valence electrons. The van der Waals surface area contributed by atoms with E-state index in [1.807, 2.05) is 42.5 Å². The molecule has 0 aromatic heterocycles. The lowest BCUT2D eigenvalue weighted by Crippen LogP contribution is -2.49. The number of nitrogens with zero attached hydrogens (tertiary/aromatic N) is 1. The predicted octanol–water partition coefficient (Wildman–Crippen LogP) is 3.70. The van der Waals surface area contributed by atoms with Gasteiger partial charge in [0.2, 0.25) is 5.91 Å². The third-order valence-electron chi connectivity index (χ3n) is 5.46. The lowest BCUT2D eigenvalue weighted by molar-refractivity contribution is -0.192. The number of piperidine rings is 1. The van der Waals surface area contributed by atoms with E-state index in [1.165, 1.54) is 0 Å². The molecule has 0 unspecified atom stereocenters. The van der Waals surface area contributed by atoms with Crippen LogP contribution in [0.15, 0.2) is 42.5 Å². The summed E-state index contributed by atoms with van der Waals surface area (Å²) in [5, 5.41) is 22.7. The first-order valence-corrected chi connectivity index (χ1v) is 11.1. The van der Waals surface area contributed by atoms with E-state index in [9.17, 15) is 23.2 Å². The molecule has 36 heavy (non-hydrogen) atoms. The van der Waals surface area contributed by atoms with Crippen LogP contribution in [0.25, 0.3) is 11.1 Å². The number of carbonyl (C=O) groups is 2. The summed E-state index contributed by atoms with van der Waals surface area (Å²) in [4.78, 5) is 21.3. The van der Waals surface area contributed by atoms with Crippen LogP contribution in [0.3, 0.4) is 0 Å². The Labute approximate surface area is 207 Å². The highest BCUT2D eigenvalue weighted by Gasteiger charge is 2.38. The minimum atomic E-state index is -5.08. The van der Waals surface area contributed by atoms with Crippen molar-refractivity contribution in [1.29, 1.82) is 5.26 Å². The van der Waals surface area contributed by atoms with E-state index >= 15 is 0 Å². The second-order valence-electron chi connectivity index (χ2n) is 7.96. The number of hydrogen-bond acceptors (Lipinski definition) is 6. The molecule has 0 bridgehead atoms. The smallest absolute Gasteiger partial charge is 0.490 e. The maximum atomic E-state index is 12.4. The van der Waals surface area contributed by atoms with Crippen molar-refractivity contribution in [2.75, 3.05) is 20.8 Å². The van der Waals surface area contributed by atoms with Crippen LogP contribution in [-0.4, -0.2) is 56.0 Å². The number of benzene rings is 2. The van der Waals surface area contributed by atoms with Gasteiger partial charge < -0.3 is 25.2 Å². The Kier molecular flexibility index (Phi) is 10.5. The average molecular weight is 508 g/mol. The highest BCUT2D eigenvalue weighted by molar-refractivity contribution is 5.82. The topological polar surface area (TPSA) is 121 Å². The van der Waals surface area contributed by atoms with Crippen LogP contribution in [0.4, 0.5) is 13.2 Å². The SMILES string of the molecule is COc1ccc(-c2ccc(C[C@@H](C#N)NC(=O)[C@@H]3CCCCN3)cc2)c(OC)c1.O=C(O)C(F)(F)F. The van der Waals surface area contributed by atoms with Crippen molar-refractivity contribution < 1.29 is 37.3 Å². The molecule has 1 aliphatic heterocycles. The number of nitriles is 1. The number of alkyl halides is 3. The molecule has 3 rings (SSSR count). The maximum Gasteiger partial charge on any atom is 0.490 e. The van der Waals surface area contributed by atoms with Crippen molar-refractivity contribution in [2.24, 2.45) is 0 Å². The zero-order valence-corrected chi connectivity index (χ0v) is 19.9. The first kappa shape index (κ1) is 28.5. The van der Waals surface area contributed by atoms with Gasteiger partial charge in [0.1, 0.15) is 17.5 Å². The fourth-order valence-electron chi connectivity index (χ4n) is 3.57. The Morgan fingerprint density at radius 3 is 2.33 bits per heavy atom. The Morgan fingerprint density at radius 1 is 1.17 bits per heavy atom. The van der Waals surface area contributed by atoms with Gasteiger partial charge in [-0.25, -0.2) is 4.79 Å². The number of methoxy groups -OCH3 is 2. The first-order valence-electron chi connectivity index (χ1n) is 11.1. The van der Waals surface area contributed by atoms with Gasteiger partial charge in [-0.3, -0.25) is 4.79 Å². The highest BCUT2D eigenvalue weighted by atomic mass is 19.4. The average Bonchev–Trinajstić information content (AvgIpc) is 2.88. The van der Waals surface area contributed by atoms with Gasteiger partial charge in [-0.2, -0.15) is 18.4 Å². The minimum Gasteiger partial charge on any atom is -0.497 e. The number of carboxylic acids is 1. The molecule has 2 aromatic rings. The number of halogens is 3. The standard InChI is InChI=1S/C23H27N3O3.C2HF3O2/c1-28-19-10-11-20(22(14-19)29-2)17-8-6-16(7-9-17)13-18(15-24)26-23(27)21-5-3-4-12-25-21;3-2(4,5)1(6)7/h6-11,14,18,21,25H,3-5,12-13H2,1-2H3,(H,26,27);(H,6,7)/t18-,21-;/m0./s1. The first-order chi connectivity index (χ1) is 17.1. The fraction of sp³-hybridized carbons (Fsp3) is 0.400. The van der Waals surface area contributed by atoms with Gasteiger partial charge in [-0.05, 0) is 42.6 Å². The monoisotopic (exact) mass is 507 g/mol. The number of carbonyl (C=O) groups excluding carboxylic acids is 1. The predicted molar refractivity (Wildman–Crippen MR) is 126 cm³/mol. The normalized spacial score (nSPS) is 15.9. The maximum absolute atomic E-state index is 12.4. The Bertz CT molecular complexity index is 1060. The van der Waals surface area contributed by atoms with Crippen molar-refractivity contribution >= 4 is 11.9 Å². The zero-order valence-electron chi connectivity index (χ0n) is 19.9. The van der Waals surface area contributed by atoms with Crippen molar-refractivity contribution in [3.63, 3.8) is 0 Å². The lowest BCUT2D eigenvalue weighted by Gasteiger charge is -2.23. The molecule has 0 saturated carbocycles. The van der Waals surface area contributed by atoms with Crippen LogP contribution in [0.2, 0.25) is 0 Å². The zero-order chi connectivity index (χ0) is 26.7. The van der Waals surface area contributed by atoms with E-state index in [0.717, 1.165) is 54.0 Å². The number of amides is 1. The van der Waals surface area contributed by atoms with Crippen LogP contribution < -0.4 is 20.1 Å². The van der Waals surface area contributed by atoms with Crippen molar-refractivity contribution in [3.05, 3.63) is 48.0 Å². The van der Waals surface area contributed by atoms with E-state index in [-0.39, 0.29) is 11.9 Å². The molecule has 1 amide bonds. The lowest BCUT2D eigenvalue weighted by atomic mass is 9.99. The highest BCUT2D eigenvalue weighted by Crippen LogP contribution is 2.33. The molecule has 0 spiro atoms. The second-order valence-corrected chi connectivity index (χ2v) is 7.96. The summed E-state index contributed by atoms with van der Waals surface area (Å²) < 4.78 is 42.5. The third kappa shape index (κ3) is 8.46. The van der Waals surface area contributed by atoms with Crippen LogP contribution in [0.5, 0.6) is 11.5 Å². The summed E-state index contributed by atoms with van der Waals surface area (Å²) in [5.74, 6) is -1.37. The largest absolute Gasteiger partial charge is 0.497 e. The van der Waals surface area contributed by atoms with E-state index in [2.05, 4.69) is 16.7 Å². The molecule has 8 nitrogen and oxygen atoms in total. The van der Waals surface area contributed by atoms with Gasteiger partial charge in [-0.15, -0.1) is 0 Å². The van der Waals surface area contributed by atoms with Gasteiger partial charge in [0, 0.05) is 18.1 Å². The van der Waals surface area contributed by atoms with E-state index in [0.29, 0.717) is 6.42 Å². The molecule has 0 radical (unpaired) electrons. The van der Waals surface area contributed by atoms with Crippen LogP contribution in [-0.2, 0) is 16.0 Å². The Morgan fingerprint density at radius 2 is 1.83 bits per heavy atom. The number of aliphatic carboxylic acids is 1. The van der Waals surface area contributed by atoms with E-state index in [1.54, 1.807) is 14.2 Å². The summed E-state index contributed by atoms with van der Waals surface area (Å²) in [7, 11) is 3.26. The molecule has 1 fully saturated rings. The minimum absolute atomic E-state index is 0.0872. The summed E-state index contributed by atoms with van der Waals surface area (Å²) in [5.41, 5.74) is 2.97. The van der Waals surface area contributed by atoms with E-state index < -0.39 is 18.2 Å². The summed E-state index contributed by atoms with van der Waals surface area (Å²) in [6, 6.07) is 15.1. The number of nitrogens with one attached hydrogen (secondary N) is 2. The van der Waals surface area contributed by atoms with E-state index in [4.69, 9.17) is 19.4 Å². The number of hydrogen-bond donors (Lipinski definition) is 3. The third-order valence-corrected chi connectivity index (χ3v) is 5.46. The molecular formula is C25H28F3N3O5. The molecule has 11 heteroatoms. The van der Waals surface area contributed by atoms with Crippen molar-refractivity contribution in [2.45, 2.75) is 43.9 Å². The summed E-state index contributed by atoms with van der Waals surface area (Å²) >= 11 is 0. The molecule has 2 atom stereocenters. The second kappa shape index (κ2) is 13.3. The van der Waals surface area contributed by atoms with Crippen LogP contribution >= 0.6 is 0 Å². The number of carboxylic acid groups (broad SMARTS) is 1. The Hall–Kier alpha value is -3.78.